The van der Waals surface area contributed by atoms with Crippen LogP contribution < -0.4 is 10.7 Å². The van der Waals surface area contributed by atoms with E-state index in [1.165, 1.54) is 17.6 Å². The van der Waals surface area contributed by atoms with Crippen LogP contribution in [0, 0.1) is 0 Å². The van der Waals surface area contributed by atoms with Crippen molar-refractivity contribution < 1.29 is 18.7 Å². The second-order valence-corrected chi connectivity index (χ2v) is 9.74. The van der Waals surface area contributed by atoms with Gasteiger partial charge in [-0.1, -0.05) is 35.9 Å². The van der Waals surface area contributed by atoms with Crippen LogP contribution in [0.25, 0.3) is 22.6 Å². The second-order valence-electron chi connectivity index (χ2n) is 8.45. The number of rotatable bonds is 9. The van der Waals surface area contributed by atoms with Crippen LogP contribution in [0.3, 0.4) is 0 Å². The van der Waals surface area contributed by atoms with Gasteiger partial charge in [-0.05, 0) is 67.6 Å². The van der Waals surface area contributed by atoms with Gasteiger partial charge in [0.15, 0.2) is 5.13 Å². The van der Waals surface area contributed by atoms with Crippen LogP contribution in [0.1, 0.15) is 33.4 Å². The minimum atomic E-state index is -0.369. The van der Waals surface area contributed by atoms with Crippen molar-refractivity contribution in [3.63, 3.8) is 0 Å². The first-order valence-electron chi connectivity index (χ1n) is 12.3. The molecule has 0 fully saturated rings. The monoisotopic (exact) mass is 570 g/mol. The molecular formula is C30H23ClN4O4S. The number of anilines is 2. The van der Waals surface area contributed by atoms with E-state index < -0.39 is 0 Å². The van der Waals surface area contributed by atoms with Crippen LogP contribution >= 0.6 is 22.9 Å². The number of amides is 1. The lowest BCUT2D eigenvalue weighted by Crippen LogP contribution is -2.17. The number of carbonyl (C=O) groups excluding carboxylic acids is 2. The fraction of sp³-hybridized carbons (Fsp3) is 0.0667. The molecule has 0 spiro atoms. The molecular weight excluding hydrogens is 548 g/mol. The molecule has 0 atom stereocenters. The highest BCUT2D eigenvalue weighted by atomic mass is 35.5. The lowest BCUT2D eigenvalue weighted by Gasteiger charge is -2.03. The SMILES string of the molecule is CCOC(=O)c1ccc(-c2ccc(/C=N\NC(=O)c3ccc(-c4csc(Nc5ccc(Cl)cc5)n4)cc3)o2)cc1. The topological polar surface area (TPSA) is 106 Å². The van der Waals surface area contributed by atoms with Crippen LogP contribution in [0.4, 0.5) is 10.8 Å². The van der Waals surface area contributed by atoms with Crippen molar-refractivity contribution in [1.29, 1.82) is 0 Å². The van der Waals surface area contributed by atoms with E-state index in [-0.39, 0.29) is 11.9 Å². The third-order valence-corrected chi connectivity index (χ3v) is 6.72. The van der Waals surface area contributed by atoms with Gasteiger partial charge < -0.3 is 14.5 Å². The highest BCUT2D eigenvalue weighted by Crippen LogP contribution is 2.28. The van der Waals surface area contributed by atoms with E-state index in [4.69, 9.17) is 20.8 Å². The summed E-state index contributed by atoms with van der Waals surface area (Å²) in [6, 6.07) is 25.0. The quantitative estimate of drug-likeness (QED) is 0.109. The van der Waals surface area contributed by atoms with Gasteiger partial charge in [-0.25, -0.2) is 15.2 Å². The predicted octanol–water partition coefficient (Wildman–Crippen LogP) is 7.41. The molecule has 0 bridgehead atoms. The van der Waals surface area contributed by atoms with Gasteiger partial charge >= 0.3 is 5.97 Å². The van der Waals surface area contributed by atoms with Crippen LogP contribution in [-0.2, 0) is 4.74 Å². The number of ether oxygens (including phenoxy) is 1. The van der Waals surface area contributed by atoms with Crippen molar-refractivity contribution >= 4 is 51.8 Å². The highest BCUT2D eigenvalue weighted by molar-refractivity contribution is 7.14. The predicted molar refractivity (Wildman–Crippen MR) is 157 cm³/mol. The van der Waals surface area contributed by atoms with E-state index in [2.05, 4.69) is 20.8 Å². The van der Waals surface area contributed by atoms with Crippen molar-refractivity contribution in [3.05, 3.63) is 112 Å². The van der Waals surface area contributed by atoms with Crippen molar-refractivity contribution in [1.82, 2.24) is 10.4 Å². The molecule has 0 aliphatic heterocycles. The highest BCUT2D eigenvalue weighted by Gasteiger charge is 2.10. The molecule has 10 heteroatoms. The molecule has 2 aromatic heterocycles. The Balaban J connectivity index is 1.15. The van der Waals surface area contributed by atoms with Crippen molar-refractivity contribution in [3.8, 4) is 22.6 Å². The van der Waals surface area contributed by atoms with E-state index >= 15 is 0 Å². The maximum atomic E-state index is 12.5. The van der Waals surface area contributed by atoms with Crippen LogP contribution in [0.5, 0.6) is 0 Å². The first kappa shape index (κ1) is 26.9. The zero-order chi connectivity index (χ0) is 27.9. The van der Waals surface area contributed by atoms with Gasteiger partial charge in [0.25, 0.3) is 5.91 Å². The number of furan rings is 1. The molecule has 5 rings (SSSR count). The van der Waals surface area contributed by atoms with E-state index in [9.17, 15) is 9.59 Å². The fourth-order valence-electron chi connectivity index (χ4n) is 3.69. The van der Waals surface area contributed by atoms with Gasteiger partial charge in [0, 0.05) is 32.8 Å². The fourth-order valence-corrected chi connectivity index (χ4v) is 4.56. The summed E-state index contributed by atoms with van der Waals surface area (Å²) in [4.78, 5) is 29.0. The van der Waals surface area contributed by atoms with Gasteiger partial charge in [0.05, 0.1) is 24.1 Å². The molecule has 0 aliphatic carbocycles. The summed E-state index contributed by atoms with van der Waals surface area (Å²) in [6.45, 7) is 2.08. The Morgan fingerprint density at radius 3 is 2.38 bits per heavy atom. The molecule has 2 N–H and O–H groups in total. The second kappa shape index (κ2) is 12.4. The minimum Gasteiger partial charge on any atom is -0.462 e. The lowest BCUT2D eigenvalue weighted by molar-refractivity contribution is 0.0526. The van der Waals surface area contributed by atoms with Crippen molar-refractivity contribution in [2.45, 2.75) is 6.92 Å². The Labute approximate surface area is 239 Å². The maximum Gasteiger partial charge on any atom is 0.338 e. The Morgan fingerprint density at radius 2 is 1.65 bits per heavy atom. The van der Waals surface area contributed by atoms with E-state index in [1.807, 2.05) is 41.8 Å². The molecule has 8 nitrogen and oxygen atoms in total. The first-order chi connectivity index (χ1) is 19.5. The third kappa shape index (κ3) is 6.63. The Bertz CT molecular complexity index is 1640. The molecule has 1 amide bonds. The molecule has 200 valence electrons. The molecule has 0 aliphatic rings. The number of esters is 1. The van der Waals surface area contributed by atoms with Gasteiger partial charge in [-0.3, -0.25) is 4.79 Å². The maximum absolute atomic E-state index is 12.5. The average Bonchev–Trinajstić information content (AvgIpc) is 3.65. The normalized spacial score (nSPS) is 10.9. The van der Waals surface area contributed by atoms with Gasteiger partial charge in [-0.2, -0.15) is 5.10 Å². The Hall–Kier alpha value is -4.73. The van der Waals surface area contributed by atoms with E-state index in [0.717, 1.165) is 27.6 Å². The lowest BCUT2D eigenvalue weighted by atomic mass is 10.1. The molecule has 3 aromatic carbocycles. The molecule has 5 aromatic rings. The number of nitrogens with one attached hydrogen (secondary N) is 2. The third-order valence-electron chi connectivity index (χ3n) is 5.71. The van der Waals surface area contributed by atoms with Crippen LogP contribution in [0.15, 0.2) is 99.8 Å². The number of nitrogens with zero attached hydrogens (tertiary/aromatic N) is 2. The zero-order valence-corrected chi connectivity index (χ0v) is 22.8. The summed E-state index contributed by atoms with van der Waals surface area (Å²) >= 11 is 7.42. The van der Waals surface area contributed by atoms with Gasteiger partial charge in [0.1, 0.15) is 11.5 Å². The average molecular weight is 571 g/mol. The Morgan fingerprint density at radius 1 is 0.950 bits per heavy atom. The van der Waals surface area contributed by atoms with Crippen molar-refractivity contribution in [2.24, 2.45) is 5.10 Å². The number of halogens is 1. The summed E-state index contributed by atoms with van der Waals surface area (Å²) in [5.41, 5.74) is 6.82. The minimum absolute atomic E-state index is 0.320. The number of hydrogen-bond acceptors (Lipinski definition) is 8. The van der Waals surface area contributed by atoms with Crippen LogP contribution in [-0.4, -0.2) is 29.7 Å². The number of aromatic nitrogens is 1. The summed E-state index contributed by atoms with van der Waals surface area (Å²) in [5.74, 6) is 0.345. The molecule has 0 unspecified atom stereocenters. The number of hydrazone groups is 1. The smallest absolute Gasteiger partial charge is 0.338 e. The van der Waals surface area contributed by atoms with E-state index in [1.54, 1.807) is 55.5 Å². The standard InChI is InChI=1S/C30H23ClN4O4S/c1-2-38-29(37)22-9-5-20(6-10-22)27-16-15-25(39-27)17-32-35-28(36)21-7-3-19(4-8-21)26-18-40-30(34-26)33-24-13-11-23(31)12-14-24/h3-18H,2H2,1H3,(H,33,34)(H,35,36)/b32-17-. The largest absolute Gasteiger partial charge is 0.462 e. The molecule has 0 radical (unpaired) electrons. The number of benzene rings is 3. The number of hydrogen-bond donors (Lipinski definition) is 2. The van der Waals surface area contributed by atoms with Crippen molar-refractivity contribution in [2.75, 3.05) is 11.9 Å². The summed E-state index contributed by atoms with van der Waals surface area (Å²) in [5, 5.41) is 10.6. The summed E-state index contributed by atoms with van der Waals surface area (Å²) < 4.78 is 10.8. The zero-order valence-electron chi connectivity index (χ0n) is 21.3. The summed E-state index contributed by atoms with van der Waals surface area (Å²) in [7, 11) is 0. The molecule has 2 heterocycles. The van der Waals surface area contributed by atoms with Gasteiger partial charge in [-0.15, -0.1) is 11.3 Å². The molecule has 40 heavy (non-hydrogen) atoms. The summed E-state index contributed by atoms with van der Waals surface area (Å²) in [6.07, 6.45) is 1.42. The molecule has 0 saturated carbocycles. The van der Waals surface area contributed by atoms with Crippen LogP contribution in [0.2, 0.25) is 5.02 Å². The number of thiazole rings is 1. The first-order valence-corrected chi connectivity index (χ1v) is 13.5. The molecule has 0 saturated heterocycles. The van der Waals surface area contributed by atoms with Gasteiger partial charge in [0.2, 0.25) is 0 Å². The Kier molecular flexibility index (Phi) is 8.34. The number of carbonyl (C=O) groups is 2. The van der Waals surface area contributed by atoms with E-state index in [0.29, 0.717) is 34.3 Å².